The van der Waals surface area contributed by atoms with Gasteiger partial charge >= 0.3 is 0 Å². The Labute approximate surface area is 115 Å². The van der Waals surface area contributed by atoms with E-state index in [2.05, 4.69) is 4.72 Å². The molecule has 0 fully saturated rings. The summed E-state index contributed by atoms with van der Waals surface area (Å²) < 4.78 is 31.7. The van der Waals surface area contributed by atoms with Gasteiger partial charge in [0.2, 0.25) is 10.0 Å². The van der Waals surface area contributed by atoms with Crippen molar-refractivity contribution < 1.29 is 13.2 Å². The van der Waals surface area contributed by atoms with E-state index in [4.69, 9.17) is 10.5 Å². The number of nitrogen functional groups attached to an aromatic ring is 1. The van der Waals surface area contributed by atoms with Gasteiger partial charge in [0.1, 0.15) is 0 Å². The highest BCUT2D eigenvalue weighted by Crippen LogP contribution is 2.18. The van der Waals surface area contributed by atoms with Crippen molar-refractivity contribution >= 4 is 15.7 Å². The predicted molar refractivity (Wildman–Crippen MR) is 76.5 cm³/mol. The van der Waals surface area contributed by atoms with Crippen LogP contribution in [0.5, 0.6) is 0 Å². The molecule has 0 saturated carbocycles. The van der Waals surface area contributed by atoms with Crippen molar-refractivity contribution in [3.05, 3.63) is 23.8 Å². The normalized spacial score (nSPS) is 13.4. The van der Waals surface area contributed by atoms with Crippen molar-refractivity contribution in [3.63, 3.8) is 0 Å². The minimum atomic E-state index is -3.51. The minimum absolute atomic E-state index is 0.118. The van der Waals surface area contributed by atoms with Crippen LogP contribution >= 0.6 is 0 Å². The number of methoxy groups -OCH3 is 1. The highest BCUT2D eigenvalue weighted by atomic mass is 32.2. The standard InChI is InChI=1S/C13H22N2O3S/c1-4-11-5-6-12(7-13(11)14)19(16,17)15-8-10(2)9-18-3/h5-7,10,15H,4,8-9,14H2,1-3H3. The minimum Gasteiger partial charge on any atom is -0.398 e. The van der Waals surface area contributed by atoms with E-state index in [1.807, 2.05) is 13.8 Å². The van der Waals surface area contributed by atoms with Gasteiger partial charge in [0, 0.05) is 25.9 Å². The summed E-state index contributed by atoms with van der Waals surface area (Å²) in [7, 11) is -1.91. The van der Waals surface area contributed by atoms with Crippen molar-refractivity contribution in [2.75, 3.05) is 26.0 Å². The molecule has 0 aromatic heterocycles. The molecule has 0 aliphatic rings. The zero-order valence-corrected chi connectivity index (χ0v) is 12.5. The van der Waals surface area contributed by atoms with Gasteiger partial charge in [-0.05, 0) is 30.0 Å². The van der Waals surface area contributed by atoms with E-state index in [9.17, 15) is 8.42 Å². The van der Waals surface area contributed by atoms with Gasteiger partial charge in [0.15, 0.2) is 0 Å². The number of nitrogens with one attached hydrogen (secondary N) is 1. The summed E-state index contributed by atoms with van der Waals surface area (Å²) in [6, 6.07) is 4.84. The van der Waals surface area contributed by atoms with Crippen LogP contribution < -0.4 is 10.5 Å². The third kappa shape index (κ3) is 4.49. The highest BCUT2D eigenvalue weighted by Gasteiger charge is 2.16. The van der Waals surface area contributed by atoms with Crippen LogP contribution in [0.3, 0.4) is 0 Å². The van der Waals surface area contributed by atoms with Crippen LogP contribution in [0.2, 0.25) is 0 Å². The lowest BCUT2D eigenvalue weighted by atomic mass is 10.1. The molecule has 1 aromatic carbocycles. The first-order valence-electron chi connectivity index (χ1n) is 6.27. The molecule has 1 rings (SSSR count). The van der Waals surface area contributed by atoms with Crippen LogP contribution in [0, 0.1) is 5.92 Å². The number of hydrogen-bond donors (Lipinski definition) is 2. The molecule has 0 amide bonds. The molecule has 6 heteroatoms. The highest BCUT2D eigenvalue weighted by molar-refractivity contribution is 7.89. The summed E-state index contributed by atoms with van der Waals surface area (Å²) in [5.74, 6) is 0.118. The molecule has 1 aromatic rings. The SMILES string of the molecule is CCc1ccc(S(=O)(=O)NCC(C)COC)cc1N. The van der Waals surface area contributed by atoms with Crippen LogP contribution in [0.4, 0.5) is 5.69 Å². The van der Waals surface area contributed by atoms with Gasteiger partial charge in [-0.3, -0.25) is 0 Å². The Kier molecular flexibility index (Phi) is 5.78. The Balaban J connectivity index is 2.80. The second kappa shape index (κ2) is 6.88. The number of sulfonamides is 1. The third-order valence-electron chi connectivity index (χ3n) is 2.88. The summed E-state index contributed by atoms with van der Waals surface area (Å²) in [5.41, 5.74) is 7.28. The Bertz CT molecular complexity index is 515. The number of benzene rings is 1. The summed E-state index contributed by atoms with van der Waals surface area (Å²) in [4.78, 5) is 0.201. The quantitative estimate of drug-likeness (QED) is 0.742. The molecule has 0 heterocycles. The van der Waals surface area contributed by atoms with Gasteiger partial charge in [-0.2, -0.15) is 0 Å². The molecule has 108 valence electrons. The molecular weight excluding hydrogens is 264 g/mol. The smallest absolute Gasteiger partial charge is 0.240 e. The van der Waals surface area contributed by atoms with E-state index >= 15 is 0 Å². The maximum atomic E-state index is 12.1. The van der Waals surface area contributed by atoms with Crippen LogP contribution in [0.15, 0.2) is 23.1 Å². The molecule has 19 heavy (non-hydrogen) atoms. The Hall–Kier alpha value is -1.11. The van der Waals surface area contributed by atoms with Crippen LogP contribution in [-0.2, 0) is 21.2 Å². The fourth-order valence-electron chi connectivity index (χ4n) is 1.74. The predicted octanol–water partition coefficient (Wildman–Crippen LogP) is 1.39. The van der Waals surface area contributed by atoms with E-state index < -0.39 is 10.0 Å². The Morgan fingerprint density at radius 2 is 2.11 bits per heavy atom. The molecule has 5 nitrogen and oxygen atoms in total. The van der Waals surface area contributed by atoms with E-state index in [1.54, 1.807) is 19.2 Å². The van der Waals surface area contributed by atoms with Gasteiger partial charge in [0.25, 0.3) is 0 Å². The first-order chi connectivity index (χ1) is 8.90. The lowest BCUT2D eigenvalue weighted by Crippen LogP contribution is -2.30. The van der Waals surface area contributed by atoms with Gasteiger partial charge < -0.3 is 10.5 Å². The number of aryl methyl sites for hydroxylation is 1. The molecule has 1 atom stereocenters. The zero-order chi connectivity index (χ0) is 14.5. The molecule has 0 spiro atoms. The Morgan fingerprint density at radius 3 is 2.63 bits per heavy atom. The fourth-order valence-corrected chi connectivity index (χ4v) is 2.94. The van der Waals surface area contributed by atoms with Crippen molar-refractivity contribution in [2.45, 2.75) is 25.2 Å². The average molecular weight is 286 g/mol. The summed E-state index contributed by atoms with van der Waals surface area (Å²) >= 11 is 0. The van der Waals surface area contributed by atoms with E-state index in [0.29, 0.717) is 18.8 Å². The molecule has 0 saturated heterocycles. The second-order valence-electron chi connectivity index (χ2n) is 4.63. The van der Waals surface area contributed by atoms with Gasteiger partial charge in [-0.1, -0.05) is 19.9 Å². The average Bonchev–Trinajstić information content (AvgIpc) is 2.37. The number of hydrogen-bond acceptors (Lipinski definition) is 4. The molecule has 0 bridgehead atoms. The molecular formula is C13H22N2O3S. The van der Waals surface area contributed by atoms with Crippen molar-refractivity contribution in [2.24, 2.45) is 5.92 Å². The molecule has 0 aliphatic heterocycles. The van der Waals surface area contributed by atoms with Crippen molar-refractivity contribution in [3.8, 4) is 0 Å². The molecule has 1 unspecified atom stereocenters. The largest absolute Gasteiger partial charge is 0.398 e. The number of nitrogens with two attached hydrogens (primary N) is 1. The number of anilines is 1. The van der Waals surface area contributed by atoms with E-state index in [0.717, 1.165) is 12.0 Å². The van der Waals surface area contributed by atoms with Crippen LogP contribution in [0.1, 0.15) is 19.4 Å². The maximum absolute atomic E-state index is 12.1. The third-order valence-corrected chi connectivity index (χ3v) is 4.30. The lowest BCUT2D eigenvalue weighted by molar-refractivity contribution is 0.161. The van der Waals surface area contributed by atoms with Crippen LogP contribution in [-0.4, -0.2) is 28.7 Å². The van der Waals surface area contributed by atoms with E-state index in [1.165, 1.54) is 6.07 Å². The summed E-state index contributed by atoms with van der Waals surface area (Å²) in [6.45, 7) is 4.75. The first kappa shape index (κ1) is 15.9. The molecule has 0 aliphatic carbocycles. The van der Waals surface area contributed by atoms with Crippen molar-refractivity contribution in [1.82, 2.24) is 4.72 Å². The number of rotatable bonds is 7. The topological polar surface area (TPSA) is 81.4 Å². The van der Waals surface area contributed by atoms with Crippen molar-refractivity contribution in [1.29, 1.82) is 0 Å². The van der Waals surface area contributed by atoms with Gasteiger partial charge in [0.05, 0.1) is 4.90 Å². The van der Waals surface area contributed by atoms with E-state index in [-0.39, 0.29) is 10.8 Å². The Morgan fingerprint density at radius 1 is 1.42 bits per heavy atom. The second-order valence-corrected chi connectivity index (χ2v) is 6.39. The van der Waals surface area contributed by atoms with Gasteiger partial charge in [-0.15, -0.1) is 0 Å². The zero-order valence-electron chi connectivity index (χ0n) is 11.6. The monoisotopic (exact) mass is 286 g/mol. The van der Waals surface area contributed by atoms with Gasteiger partial charge in [-0.25, -0.2) is 13.1 Å². The summed E-state index contributed by atoms with van der Waals surface area (Å²) in [5, 5.41) is 0. The lowest BCUT2D eigenvalue weighted by Gasteiger charge is -2.13. The number of ether oxygens (including phenoxy) is 1. The molecule has 0 radical (unpaired) electrons. The molecule has 3 N–H and O–H groups in total. The van der Waals surface area contributed by atoms with Crippen LogP contribution in [0.25, 0.3) is 0 Å². The fraction of sp³-hybridized carbons (Fsp3) is 0.538. The maximum Gasteiger partial charge on any atom is 0.240 e. The summed E-state index contributed by atoms with van der Waals surface area (Å²) in [6.07, 6.45) is 0.782. The first-order valence-corrected chi connectivity index (χ1v) is 7.76.